The second-order valence-electron chi connectivity index (χ2n) is 3.80. The molecule has 1 atom stereocenters. The summed E-state index contributed by atoms with van der Waals surface area (Å²) < 4.78 is 0. The monoisotopic (exact) mass is 278 g/mol. The number of rotatable bonds is 4. The molecule has 1 unspecified atom stereocenters. The molecule has 17 heavy (non-hydrogen) atoms. The van der Waals surface area contributed by atoms with E-state index in [0.29, 0.717) is 0 Å². The molecule has 3 N–H and O–H groups in total. The van der Waals surface area contributed by atoms with E-state index in [9.17, 15) is 9.90 Å². The number of nitrogens with one attached hydrogen (secondary N) is 1. The maximum absolute atomic E-state index is 11.7. The molecule has 1 rings (SSSR count). The first-order valence-electron chi connectivity index (χ1n) is 4.79. The Bertz CT molecular complexity index is 424. The first-order chi connectivity index (χ1) is 7.85. The first-order valence-corrected chi connectivity index (χ1v) is 5.55. The second-order valence-corrected chi connectivity index (χ2v) is 4.60. The van der Waals surface area contributed by atoms with E-state index in [0.717, 1.165) is 0 Å². The molecule has 94 valence electrons. The third-order valence-electron chi connectivity index (χ3n) is 2.00. The van der Waals surface area contributed by atoms with Crippen molar-refractivity contribution in [1.82, 2.24) is 10.3 Å². The molecule has 0 saturated carbocycles. The lowest BCUT2D eigenvalue weighted by atomic mass is 10.1. The molecule has 0 fully saturated rings. The molecule has 0 bridgehead atoms. The summed E-state index contributed by atoms with van der Waals surface area (Å²) in [4.78, 5) is 15.4. The molecule has 0 saturated heterocycles. The molecular formula is C10H12Cl2N2O3. The Kier molecular flexibility index (Phi) is 4.70. The SMILES string of the molecule is CC(O)(CO)CNC(=O)c1nc(Cl)ccc1Cl. The molecule has 0 aliphatic carbocycles. The lowest BCUT2D eigenvalue weighted by Crippen LogP contribution is -2.43. The number of aliphatic hydroxyl groups excluding tert-OH is 1. The third-order valence-corrected chi connectivity index (χ3v) is 2.51. The lowest BCUT2D eigenvalue weighted by molar-refractivity contribution is 0.00316. The Labute approximate surface area is 108 Å². The number of aromatic nitrogens is 1. The van der Waals surface area contributed by atoms with Gasteiger partial charge in [-0.15, -0.1) is 0 Å². The highest BCUT2D eigenvalue weighted by Crippen LogP contribution is 2.16. The van der Waals surface area contributed by atoms with Gasteiger partial charge in [0, 0.05) is 6.54 Å². The number of halogens is 2. The summed E-state index contributed by atoms with van der Waals surface area (Å²) >= 11 is 11.4. The quantitative estimate of drug-likeness (QED) is 0.714. The van der Waals surface area contributed by atoms with Gasteiger partial charge in [-0.1, -0.05) is 23.2 Å². The van der Waals surface area contributed by atoms with Gasteiger partial charge in [-0.25, -0.2) is 4.98 Å². The number of hydrogen-bond donors (Lipinski definition) is 3. The molecule has 1 aromatic rings. The van der Waals surface area contributed by atoms with Crippen molar-refractivity contribution in [3.63, 3.8) is 0 Å². The van der Waals surface area contributed by atoms with Crippen LogP contribution in [0.5, 0.6) is 0 Å². The van der Waals surface area contributed by atoms with Crippen LogP contribution in [-0.2, 0) is 0 Å². The van der Waals surface area contributed by atoms with E-state index in [1.165, 1.54) is 19.1 Å². The van der Waals surface area contributed by atoms with Gasteiger partial charge in [-0.3, -0.25) is 4.79 Å². The normalized spacial score (nSPS) is 14.2. The Morgan fingerprint density at radius 3 is 2.76 bits per heavy atom. The van der Waals surface area contributed by atoms with Crippen LogP contribution in [0.4, 0.5) is 0 Å². The molecule has 7 heteroatoms. The molecule has 0 radical (unpaired) electrons. The van der Waals surface area contributed by atoms with Gasteiger partial charge in [0.2, 0.25) is 0 Å². The van der Waals surface area contributed by atoms with Crippen molar-refractivity contribution >= 4 is 29.1 Å². The third kappa shape index (κ3) is 4.12. The maximum atomic E-state index is 11.7. The highest BCUT2D eigenvalue weighted by Gasteiger charge is 2.21. The van der Waals surface area contributed by atoms with Crippen molar-refractivity contribution in [2.24, 2.45) is 0 Å². The molecule has 1 amide bonds. The van der Waals surface area contributed by atoms with Crippen LogP contribution in [0.2, 0.25) is 10.2 Å². The zero-order valence-electron chi connectivity index (χ0n) is 9.07. The number of pyridine rings is 1. The van der Waals surface area contributed by atoms with Crippen LogP contribution >= 0.6 is 23.2 Å². The summed E-state index contributed by atoms with van der Waals surface area (Å²) in [6, 6.07) is 2.92. The molecule has 1 heterocycles. The van der Waals surface area contributed by atoms with E-state index >= 15 is 0 Å². The number of carbonyl (C=O) groups is 1. The van der Waals surface area contributed by atoms with E-state index < -0.39 is 18.1 Å². The number of aliphatic hydroxyl groups is 2. The zero-order valence-corrected chi connectivity index (χ0v) is 10.6. The Morgan fingerprint density at radius 1 is 1.53 bits per heavy atom. The predicted octanol–water partition coefficient (Wildman–Crippen LogP) is 0.861. The van der Waals surface area contributed by atoms with E-state index in [-0.39, 0.29) is 22.4 Å². The highest BCUT2D eigenvalue weighted by atomic mass is 35.5. The Hall–Kier alpha value is -0.880. The number of nitrogens with zero attached hydrogens (tertiary/aromatic N) is 1. The number of hydrogen-bond acceptors (Lipinski definition) is 4. The van der Waals surface area contributed by atoms with Crippen LogP contribution < -0.4 is 5.32 Å². The average molecular weight is 279 g/mol. The van der Waals surface area contributed by atoms with Gasteiger partial charge < -0.3 is 15.5 Å². The van der Waals surface area contributed by atoms with Crippen LogP contribution in [0.25, 0.3) is 0 Å². The fraction of sp³-hybridized carbons (Fsp3) is 0.400. The molecular weight excluding hydrogens is 267 g/mol. The van der Waals surface area contributed by atoms with E-state index in [2.05, 4.69) is 10.3 Å². The number of amides is 1. The fourth-order valence-electron chi connectivity index (χ4n) is 0.988. The molecule has 0 aliphatic heterocycles. The lowest BCUT2D eigenvalue weighted by Gasteiger charge is -2.20. The van der Waals surface area contributed by atoms with Crippen LogP contribution in [0, 0.1) is 0 Å². The maximum Gasteiger partial charge on any atom is 0.271 e. The minimum absolute atomic E-state index is 0.0205. The van der Waals surface area contributed by atoms with Gasteiger partial charge >= 0.3 is 0 Å². The van der Waals surface area contributed by atoms with Crippen molar-refractivity contribution in [3.05, 3.63) is 28.0 Å². The summed E-state index contributed by atoms with van der Waals surface area (Å²) in [5, 5.41) is 21.0. The van der Waals surface area contributed by atoms with Crippen molar-refractivity contribution in [3.8, 4) is 0 Å². The topological polar surface area (TPSA) is 82.5 Å². The minimum atomic E-state index is -1.39. The van der Waals surface area contributed by atoms with Crippen LogP contribution in [-0.4, -0.2) is 39.9 Å². The van der Waals surface area contributed by atoms with Crippen molar-refractivity contribution < 1.29 is 15.0 Å². The number of carbonyl (C=O) groups excluding carboxylic acids is 1. The highest BCUT2D eigenvalue weighted by molar-refractivity contribution is 6.34. The van der Waals surface area contributed by atoms with Crippen LogP contribution in [0.15, 0.2) is 12.1 Å². The van der Waals surface area contributed by atoms with Gasteiger partial charge in [-0.05, 0) is 19.1 Å². The summed E-state index contributed by atoms with van der Waals surface area (Å²) in [5.41, 5.74) is -1.41. The Morgan fingerprint density at radius 2 is 2.18 bits per heavy atom. The molecule has 0 aliphatic rings. The van der Waals surface area contributed by atoms with E-state index in [1.807, 2.05) is 0 Å². The minimum Gasteiger partial charge on any atom is -0.393 e. The largest absolute Gasteiger partial charge is 0.393 e. The van der Waals surface area contributed by atoms with Gasteiger partial charge in [0.1, 0.15) is 16.4 Å². The zero-order chi connectivity index (χ0) is 13.1. The summed E-state index contributed by atoms with van der Waals surface area (Å²) in [6.45, 7) is 0.803. The van der Waals surface area contributed by atoms with Crippen molar-refractivity contribution in [1.29, 1.82) is 0 Å². The second kappa shape index (κ2) is 5.64. The van der Waals surface area contributed by atoms with Crippen LogP contribution in [0.3, 0.4) is 0 Å². The first kappa shape index (κ1) is 14.2. The van der Waals surface area contributed by atoms with E-state index in [4.69, 9.17) is 28.3 Å². The fourth-order valence-corrected chi connectivity index (χ4v) is 1.33. The van der Waals surface area contributed by atoms with Gasteiger partial charge in [-0.2, -0.15) is 0 Å². The van der Waals surface area contributed by atoms with Gasteiger partial charge in [0.05, 0.1) is 11.6 Å². The standard InChI is InChI=1S/C10H12Cl2N2O3/c1-10(17,5-15)4-13-9(16)8-6(11)2-3-7(12)14-8/h2-3,15,17H,4-5H2,1H3,(H,13,16). The van der Waals surface area contributed by atoms with Gasteiger partial charge in [0.15, 0.2) is 0 Å². The van der Waals surface area contributed by atoms with E-state index in [1.54, 1.807) is 0 Å². The summed E-state index contributed by atoms with van der Waals surface area (Å²) in [5.74, 6) is -0.564. The van der Waals surface area contributed by atoms with Crippen LogP contribution in [0.1, 0.15) is 17.4 Å². The predicted molar refractivity (Wildman–Crippen MR) is 64.3 cm³/mol. The molecule has 0 spiro atoms. The van der Waals surface area contributed by atoms with Crippen molar-refractivity contribution in [2.75, 3.05) is 13.2 Å². The molecule has 5 nitrogen and oxygen atoms in total. The smallest absolute Gasteiger partial charge is 0.271 e. The average Bonchev–Trinajstić information content (AvgIpc) is 2.29. The summed E-state index contributed by atoms with van der Waals surface area (Å²) in [7, 11) is 0. The Balaban J connectivity index is 2.74. The molecule has 0 aromatic carbocycles. The van der Waals surface area contributed by atoms with Gasteiger partial charge in [0.25, 0.3) is 5.91 Å². The van der Waals surface area contributed by atoms with Crippen molar-refractivity contribution in [2.45, 2.75) is 12.5 Å². The summed E-state index contributed by atoms with van der Waals surface area (Å²) in [6.07, 6.45) is 0. The molecule has 1 aromatic heterocycles.